The first-order chi connectivity index (χ1) is 8.69. The second-order valence-electron chi connectivity index (χ2n) is 4.17. The lowest BCUT2D eigenvalue weighted by Gasteiger charge is -2.08. The van der Waals surface area contributed by atoms with E-state index in [2.05, 4.69) is 39.9 Å². The summed E-state index contributed by atoms with van der Waals surface area (Å²) < 4.78 is 8.51. The molecule has 0 aromatic carbocycles. The maximum atomic E-state index is 5.63. The van der Waals surface area contributed by atoms with Gasteiger partial charge in [-0.3, -0.25) is 9.67 Å². The molecule has 0 saturated heterocycles. The molecule has 96 valence electrons. The SMILES string of the molecule is CCC(C)n1ccc(COc2cncc(Br)c2)n1. The van der Waals surface area contributed by atoms with Crippen LogP contribution in [0.15, 0.2) is 35.2 Å². The van der Waals surface area contributed by atoms with Crippen LogP contribution in [0, 0.1) is 0 Å². The minimum atomic E-state index is 0.422. The lowest BCUT2D eigenvalue weighted by molar-refractivity contribution is 0.297. The Hall–Kier alpha value is -1.36. The topological polar surface area (TPSA) is 39.9 Å². The molecule has 2 aromatic heterocycles. The largest absolute Gasteiger partial charge is 0.486 e. The van der Waals surface area contributed by atoms with Crippen molar-refractivity contribution in [2.75, 3.05) is 0 Å². The molecule has 18 heavy (non-hydrogen) atoms. The van der Waals surface area contributed by atoms with Gasteiger partial charge in [0.25, 0.3) is 0 Å². The average Bonchev–Trinajstić information content (AvgIpc) is 2.84. The number of hydrogen-bond donors (Lipinski definition) is 0. The van der Waals surface area contributed by atoms with Gasteiger partial charge in [-0.25, -0.2) is 0 Å². The van der Waals surface area contributed by atoms with E-state index in [4.69, 9.17) is 4.74 Å². The molecule has 2 aromatic rings. The summed E-state index contributed by atoms with van der Waals surface area (Å²) in [6.07, 6.45) is 6.48. The molecule has 1 unspecified atom stereocenters. The van der Waals surface area contributed by atoms with Crippen molar-refractivity contribution >= 4 is 15.9 Å². The zero-order valence-electron chi connectivity index (χ0n) is 10.5. The molecule has 5 heteroatoms. The van der Waals surface area contributed by atoms with Crippen molar-refractivity contribution in [2.24, 2.45) is 0 Å². The van der Waals surface area contributed by atoms with Crippen molar-refractivity contribution in [3.8, 4) is 5.75 Å². The van der Waals surface area contributed by atoms with Gasteiger partial charge in [0.2, 0.25) is 0 Å². The highest BCUT2D eigenvalue weighted by Gasteiger charge is 2.05. The summed E-state index contributed by atoms with van der Waals surface area (Å²) in [5.41, 5.74) is 0.926. The Kier molecular flexibility index (Phi) is 4.36. The van der Waals surface area contributed by atoms with Gasteiger partial charge in [-0.05, 0) is 41.4 Å². The zero-order chi connectivity index (χ0) is 13.0. The van der Waals surface area contributed by atoms with Crippen LogP contribution in [0.5, 0.6) is 5.75 Å². The van der Waals surface area contributed by atoms with Gasteiger partial charge in [0.1, 0.15) is 12.4 Å². The van der Waals surface area contributed by atoms with E-state index in [0.29, 0.717) is 12.6 Å². The van der Waals surface area contributed by atoms with Crippen LogP contribution in [0.4, 0.5) is 0 Å². The molecule has 0 aliphatic heterocycles. The number of pyridine rings is 1. The molecule has 2 heterocycles. The Labute approximate surface area is 115 Å². The highest BCUT2D eigenvalue weighted by molar-refractivity contribution is 9.10. The van der Waals surface area contributed by atoms with Crippen LogP contribution < -0.4 is 4.74 Å². The monoisotopic (exact) mass is 309 g/mol. The summed E-state index contributed by atoms with van der Waals surface area (Å²) in [6, 6.07) is 4.29. The number of ether oxygens (including phenoxy) is 1. The van der Waals surface area contributed by atoms with E-state index in [1.54, 1.807) is 12.4 Å². The van der Waals surface area contributed by atoms with E-state index in [-0.39, 0.29) is 0 Å². The lowest BCUT2D eigenvalue weighted by atomic mass is 10.3. The molecule has 0 saturated carbocycles. The number of hydrogen-bond acceptors (Lipinski definition) is 3. The fourth-order valence-electron chi connectivity index (χ4n) is 1.52. The first-order valence-electron chi connectivity index (χ1n) is 5.96. The van der Waals surface area contributed by atoms with Gasteiger partial charge in [-0.1, -0.05) is 6.92 Å². The molecule has 0 aliphatic rings. The van der Waals surface area contributed by atoms with Gasteiger partial charge >= 0.3 is 0 Å². The first kappa shape index (κ1) is 13.1. The highest BCUT2D eigenvalue weighted by Crippen LogP contribution is 2.17. The Bertz CT molecular complexity index is 512. The van der Waals surface area contributed by atoms with E-state index in [0.717, 1.165) is 22.3 Å². The third-order valence-corrected chi connectivity index (χ3v) is 3.21. The predicted molar refractivity (Wildman–Crippen MR) is 73.5 cm³/mol. The number of nitrogens with zero attached hydrogens (tertiary/aromatic N) is 3. The normalized spacial score (nSPS) is 12.4. The first-order valence-corrected chi connectivity index (χ1v) is 6.75. The Balaban J connectivity index is 1.96. The summed E-state index contributed by atoms with van der Waals surface area (Å²) in [7, 11) is 0. The fraction of sp³-hybridized carbons (Fsp3) is 0.385. The highest BCUT2D eigenvalue weighted by atomic mass is 79.9. The maximum absolute atomic E-state index is 5.63. The molecule has 0 radical (unpaired) electrons. The molecule has 0 N–H and O–H groups in total. The van der Waals surface area contributed by atoms with E-state index in [9.17, 15) is 0 Å². The lowest BCUT2D eigenvalue weighted by Crippen LogP contribution is -2.05. The number of halogens is 1. The van der Waals surface area contributed by atoms with Crippen molar-refractivity contribution in [3.63, 3.8) is 0 Å². The van der Waals surface area contributed by atoms with E-state index < -0.39 is 0 Å². The Morgan fingerprint density at radius 1 is 1.44 bits per heavy atom. The Morgan fingerprint density at radius 2 is 2.28 bits per heavy atom. The Morgan fingerprint density at radius 3 is 3.00 bits per heavy atom. The zero-order valence-corrected chi connectivity index (χ0v) is 12.1. The van der Waals surface area contributed by atoms with Gasteiger partial charge in [0.05, 0.1) is 11.9 Å². The summed E-state index contributed by atoms with van der Waals surface area (Å²) in [4.78, 5) is 4.05. The molecule has 0 amide bonds. The van der Waals surface area contributed by atoms with Gasteiger partial charge < -0.3 is 4.74 Å². The molecule has 4 nitrogen and oxygen atoms in total. The van der Waals surface area contributed by atoms with E-state index in [1.807, 2.05) is 23.0 Å². The predicted octanol–water partition coefficient (Wildman–Crippen LogP) is 3.59. The summed E-state index contributed by atoms with van der Waals surface area (Å²) in [5.74, 6) is 0.738. The third kappa shape index (κ3) is 3.32. The van der Waals surface area contributed by atoms with Crippen molar-refractivity contribution in [3.05, 3.63) is 40.9 Å². The molecule has 2 rings (SSSR count). The molecule has 1 atom stereocenters. The van der Waals surface area contributed by atoms with E-state index in [1.165, 1.54) is 0 Å². The van der Waals surface area contributed by atoms with Crippen molar-refractivity contribution in [2.45, 2.75) is 32.9 Å². The van der Waals surface area contributed by atoms with Crippen molar-refractivity contribution < 1.29 is 4.74 Å². The summed E-state index contributed by atoms with van der Waals surface area (Å²) in [6.45, 7) is 4.76. The fourth-order valence-corrected chi connectivity index (χ4v) is 1.86. The minimum Gasteiger partial charge on any atom is -0.486 e. The van der Waals surface area contributed by atoms with Crippen LogP contribution in [-0.2, 0) is 6.61 Å². The standard InChI is InChI=1S/C13H16BrN3O/c1-3-10(2)17-5-4-12(16-17)9-18-13-6-11(14)7-15-8-13/h4-8,10H,3,9H2,1-2H3. The number of rotatable bonds is 5. The van der Waals surface area contributed by atoms with Crippen LogP contribution in [-0.4, -0.2) is 14.8 Å². The summed E-state index contributed by atoms with van der Waals surface area (Å²) in [5, 5.41) is 4.48. The van der Waals surface area contributed by atoms with Crippen molar-refractivity contribution in [1.29, 1.82) is 0 Å². The quantitative estimate of drug-likeness (QED) is 0.847. The molecule has 0 aliphatic carbocycles. The smallest absolute Gasteiger partial charge is 0.139 e. The van der Waals surface area contributed by atoms with Crippen LogP contribution in [0.2, 0.25) is 0 Å². The average molecular weight is 310 g/mol. The van der Waals surface area contributed by atoms with Gasteiger partial charge in [-0.15, -0.1) is 0 Å². The van der Waals surface area contributed by atoms with Crippen LogP contribution in [0.3, 0.4) is 0 Å². The molecule has 0 spiro atoms. The molecule has 0 bridgehead atoms. The van der Waals surface area contributed by atoms with Crippen LogP contribution >= 0.6 is 15.9 Å². The van der Waals surface area contributed by atoms with Gasteiger partial charge in [0, 0.05) is 22.9 Å². The molecular weight excluding hydrogens is 294 g/mol. The minimum absolute atomic E-state index is 0.422. The van der Waals surface area contributed by atoms with Gasteiger partial charge in [-0.2, -0.15) is 5.10 Å². The van der Waals surface area contributed by atoms with Gasteiger partial charge in [0.15, 0.2) is 0 Å². The second-order valence-corrected chi connectivity index (χ2v) is 5.09. The maximum Gasteiger partial charge on any atom is 0.139 e. The third-order valence-electron chi connectivity index (χ3n) is 2.77. The van der Waals surface area contributed by atoms with Crippen LogP contribution in [0.25, 0.3) is 0 Å². The second kappa shape index (κ2) is 6.00. The van der Waals surface area contributed by atoms with E-state index >= 15 is 0 Å². The summed E-state index contributed by atoms with van der Waals surface area (Å²) >= 11 is 3.36. The molecule has 0 fully saturated rings. The van der Waals surface area contributed by atoms with Crippen LogP contribution in [0.1, 0.15) is 32.0 Å². The van der Waals surface area contributed by atoms with Crippen molar-refractivity contribution in [1.82, 2.24) is 14.8 Å². The number of aromatic nitrogens is 3. The molecular formula is C13H16BrN3O.